The highest BCUT2D eigenvalue weighted by Gasteiger charge is 2.33. The van der Waals surface area contributed by atoms with Crippen LogP contribution in [0.25, 0.3) is 0 Å². The van der Waals surface area contributed by atoms with E-state index in [9.17, 15) is 4.79 Å². The summed E-state index contributed by atoms with van der Waals surface area (Å²) in [6.45, 7) is 10.9. The molecule has 0 aromatic carbocycles. The lowest BCUT2D eigenvalue weighted by molar-refractivity contribution is -0.142. The maximum absolute atomic E-state index is 11.0. The average molecular weight is 202 g/mol. The molecule has 0 amide bonds. The summed E-state index contributed by atoms with van der Waals surface area (Å²) in [6.07, 6.45) is 1.78. The van der Waals surface area contributed by atoms with Crippen LogP contribution in [0.2, 0.25) is 25.2 Å². The van der Waals surface area contributed by atoms with Crippen LogP contribution >= 0.6 is 0 Å². The second-order valence-electron chi connectivity index (χ2n) is 4.89. The van der Waals surface area contributed by atoms with Gasteiger partial charge in [-0.1, -0.05) is 39.9 Å². The Bertz CT molecular complexity index is 172. The largest absolute Gasteiger partial charge is 0.481 e. The van der Waals surface area contributed by atoms with Gasteiger partial charge in [-0.2, -0.15) is 0 Å². The average Bonchev–Trinajstić information content (AvgIpc) is 1.96. The van der Waals surface area contributed by atoms with Crippen LogP contribution in [0.15, 0.2) is 0 Å². The molecule has 2 nitrogen and oxygen atoms in total. The summed E-state index contributed by atoms with van der Waals surface area (Å²) in [5, 5.41) is 9.06. The number of carboxylic acids is 1. The minimum atomic E-state index is -1.30. The molecule has 13 heavy (non-hydrogen) atoms. The fourth-order valence-electron chi connectivity index (χ4n) is 1.50. The standard InChI is InChI=1S/C10H22O2Si/c1-6-7-9(10(11)12)8(2)13(3,4)5/h8-9H,6-7H2,1-5H3,(H,11,12). The van der Waals surface area contributed by atoms with Crippen molar-refractivity contribution in [1.82, 2.24) is 0 Å². The third kappa shape index (κ3) is 3.94. The Hall–Kier alpha value is -0.313. The van der Waals surface area contributed by atoms with Gasteiger partial charge in [0.25, 0.3) is 0 Å². The molecule has 2 atom stereocenters. The highest BCUT2D eigenvalue weighted by Crippen LogP contribution is 2.32. The number of hydrogen-bond donors (Lipinski definition) is 1. The van der Waals surface area contributed by atoms with E-state index in [-0.39, 0.29) is 5.92 Å². The predicted molar refractivity (Wildman–Crippen MR) is 58.8 cm³/mol. The molecular weight excluding hydrogens is 180 g/mol. The minimum Gasteiger partial charge on any atom is -0.481 e. The molecule has 0 aliphatic carbocycles. The van der Waals surface area contributed by atoms with Gasteiger partial charge in [0, 0.05) is 8.07 Å². The Morgan fingerprint density at radius 1 is 1.38 bits per heavy atom. The van der Waals surface area contributed by atoms with Crippen molar-refractivity contribution in [2.45, 2.75) is 51.9 Å². The summed E-state index contributed by atoms with van der Waals surface area (Å²) in [7, 11) is -1.30. The topological polar surface area (TPSA) is 37.3 Å². The van der Waals surface area contributed by atoms with E-state index in [1.807, 2.05) is 6.92 Å². The van der Waals surface area contributed by atoms with Gasteiger partial charge < -0.3 is 5.11 Å². The fourth-order valence-corrected chi connectivity index (χ4v) is 3.02. The summed E-state index contributed by atoms with van der Waals surface area (Å²) < 4.78 is 0. The molecule has 3 heteroatoms. The molecule has 0 heterocycles. The summed E-state index contributed by atoms with van der Waals surface area (Å²) in [5.74, 6) is -0.742. The minimum absolute atomic E-state index is 0.128. The van der Waals surface area contributed by atoms with Crippen molar-refractivity contribution in [2.24, 2.45) is 5.92 Å². The van der Waals surface area contributed by atoms with Gasteiger partial charge in [0.05, 0.1) is 5.92 Å². The highest BCUT2D eigenvalue weighted by molar-refractivity contribution is 6.77. The molecule has 0 aliphatic heterocycles. The quantitative estimate of drug-likeness (QED) is 0.695. The molecule has 0 aromatic heterocycles. The molecular formula is C10H22O2Si. The second kappa shape index (κ2) is 4.79. The van der Waals surface area contributed by atoms with Gasteiger partial charge in [-0.25, -0.2) is 0 Å². The van der Waals surface area contributed by atoms with E-state index >= 15 is 0 Å². The third-order valence-electron chi connectivity index (χ3n) is 2.89. The van der Waals surface area contributed by atoms with Crippen molar-refractivity contribution in [3.8, 4) is 0 Å². The Labute approximate surface area is 82.4 Å². The molecule has 78 valence electrons. The van der Waals surface area contributed by atoms with Crippen LogP contribution in [0.4, 0.5) is 0 Å². The molecule has 1 N–H and O–H groups in total. The van der Waals surface area contributed by atoms with Crippen LogP contribution in [-0.2, 0) is 4.79 Å². The Morgan fingerprint density at radius 2 is 1.85 bits per heavy atom. The van der Waals surface area contributed by atoms with Crippen LogP contribution in [0, 0.1) is 5.92 Å². The predicted octanol–water partition coefficient (Wildman–Crippen LogP) is 3.22. The van der Waals surface area contributed by atoms with Crippen molar-refractivity contribution >= 4 is 14.0 Å². The first kappa shape index (κ1) is 12.7. The zero-order valence-electron chi connectivity index (χ0n) is 9.42. The van der Waals surface area contributed by atoms with Crippen molar-refractivity contribution in [1.29, 1.82) is 0 Å². The first-order valence-electron chi connectivity index (χ1n) is 5.03. The lowest BCUT2D eigenvalue weighted by Crippen LogP contribution is -2.34. The van der Waals surface area contributed by atoms with E-state index in [1.165, 1.54) is 0 Å². The van der Waals surface area contributed by atoms with Gasteiger partial charge in [0.2, 0.25) is 0 Å². The van der Waals surface area contributed by atoms with Gasteiger partial charge in [0.15, 0.2) is 0 Å². The second-order valence-corrected chi connectivity index (χ2v) is 10.5. The summed E-state index contributed by atoms with van der Waals surface area (Å²) in [6, 6.07) is 0. The first-order chi connectivity index (χ1) is 5.80. The molecule has 0 rings (SSSR count). The molecule has 0 aliphatic rings. The summed E-state index contributed by atoms with van der Waals surface area (Å²) >= 11 is 0. The first-order valence-corrected chi connectivity index (χ1v) is 8.61. The van der Waals surface area contributed by atoms with Gasteiger partial charge in [-0.05, 0) is 12.0 Å². The maximum atomic E-state index is 11.0. The van der Waals surface area contributed by atoms with Crippen molar-refractivity contribution in [3.63, 3.8) is 0 Å². The van der Waals surface area contributed by atoms with E-state index in [0.29, 0.717) is 5.54 Å². The number of hydrogen-bond acceptors (Lipinski definition) is 1. The Kier molecular flexibility index (Phi) is 4.68. The van der Waals surface area contributed by atoms with E-state index in [4.69, 9.17) is 5.11 Å². The van der Waals surface area contributed by atoms with Crippen LogP contribution < -0.4 is 0 Å². The van der Waals surface area contributed by atoms with Gasteiger partial charge in [0.1, 0.15) is 0 Å². The monoisotopic (exact) mass is 202 g/mol. The molecule has 0 radical (unpaired) electrons. The lowest BCUT2D eigenvalue weighted by atomic mass is 10.0. The van der Waals surface area contributed by atoms with Crippen LogP contribution in [-0.4, -0.2) is 19.1 Å². The molecule has 0 spiro atoms. The normalized spacial score (nSPS) is 16.7. The lowest BCUT2D eigenvalue weighted by Gasteiger charge is -2.30. The maximum Gasteiger partial charge on any atom is 0.306 e. The van der Waals surface area contributed by atoms with Crippen LogP contribution in [0.5, 0.6) is 0 Å². The summed E-state index contributed by atoms with van der Waals surface area (Å²) in [5.41, 5.74) is 0.366. The zero-order chi connectivity index (χ0) is 10.6. The van der Waals surface area contributed by atoms with Crippen LogP contribution in [0.1, 0.15) is 26.7 Å². The number of carbonyl (C=O) groups is 1. The van der Waals surface area contributed by atoms with Crippen molar-refractivity contribution in [3.05, 3.63) is 0 Å². The van der Waals surface area contributed by atoms with Crippen molar-refractivity contribution < 1.29 is 9.90 Å². The number of carboxylic acid groups (broad SMARTS) is 1. The van der Waals surface area contributed by atoms with Gasteiger partial charge in [-0.15, -0.1) is 0 Å². The molecule has 0 bridgehead atoms. The van der Waals surface area contributed by atoms with E-state index in [1.54, 1.807) is 0 Å². The van der Waals surface area contributed by atoms with E-state index < -0.39 is 14.0 Å². The smallest absolute Gasteiger partial charge is 0.306 e. The van der Waals surface area contributed by atoms with E-state index in [0.717, 1.165) is 12.8 Å². The number of aliphatic carboxylic acids is 1. The molecule has 2 unspecified atom stereocenters. The summed E-state index contributed by atoms with van der Waals surface area (Å²) in [4.78, 5) is 11.0. The Morgan fingerprint density at radius 3 is 2.08 bits per heavy atom. The molecule has 0 saturated heterocycles. The third-order valence-corrected chi connectivity index (χ3v) is 6.02. The SMILES string of the molecule is CCCC(C(=O)O)C(C)[Si](C)(C)C. The number of rotatable bonds is 5. The van der Waals surface area contributed by atoms with Crippen LogP contribution in [0.3, 0.4) is 0 Å². The highest BCUT2D eigenvalue weighted by atomic mass is 28.3. The van der Waals surface area contributed by atoms with Gasteiger partial charge in [-0.3, -0.25) is 4.79 Å². The molecule has 0 aromatic rings. The van der Waals surface area contributed by atoms with E-state index in [2.05, 4.69) is 26.6 Å². The fraction of sp³-hybridized carbons (Fsp3) is 0.900. The molecule has 0 saturated carbocycles. The Balaban J connectivity index is 4.46. The molecule has 0 fully saturated rings. The zero-order valence-corrected chi connectivity index (χ0v) is 10.4. The van der Waals surface area contributed by atoms with Gasteiger partial charge >= 0.3 is 5.97 Å². The van der Waals surface area contributed by atoms with Crippen molar-refractivity contribution in [2.75, 3.05) is 0 Å².